The average Bonchev–Trinajstić information content (AvgIpc) is 1.64. The van der Waals surface area contributed by atoms with E-state index < -0.39 is 9.84 Å². The maximum Gasteiger partial charge on any atom is 0.150 e. The van der Waals surface area contributed by atoms with Gasteiger partial charge in [0, 0.05) is 11.5 Å². The topological polar surface area (TPSA) is 34.1 Å². The van der Waals surface area contributed by atoms with Gasteiger partial charge in [0.15, 0.2) is 0 Å². The van der Waals surface area contributed by atoms with Gasteiger partial charge in [0.1, 0.15) is 9.84 Å². The Morgan fingerprint density at radius 3 is 1.56 bits per heavy atom. The lowest BCUT2D eigenvalue weighted by atomic mass is 10.6. The molecule has 0 unspecified atom stereocenters. The fourth-order valence-electron chi connectivity index (χ4n) is 0.724. The molecule has 0 aliphatic rings. The third-order valence-corrected chi connectivity index (χ3v) is 3.09. The summed E-state index contributed by atoms with van der Waals surface area (Å²) in [4.78, 5) is 0. The van der Waals surface area contributed by atoms with E-state index in [9.17, 15) is 8.42 Å². The summed E-state index contributed by atoms with van der Waals surface area (Å²) in [5.41, 5.74) is 0. The Hall–Kier alpha value is -0.0500. The van der Waals surface area contributed by atoms with Crippen LogP contribution in [-0.4, -0.2) is 19.9 Å². The molecule has 0 N–H and O–H groups in total. The third kappa shape index (κ3) is 4.45. The second kappa shape index (κ2) is 3.88. The SMILES string of the molecule is CCCS(=O)(=O)CCC. The van der Waals surface area contributed by atoms with Crippen molar-refractivity contribution in [3.63, 3.8) is 0 Å². The molecule has 0 aromatic rings. The van der Waals surface area contributed by atoms with E-state index in [-0.39, 0.29) is 0 Å². The highest BCUT2D eigenvalue weighted by Gasteiger charge is 2.05. The van der Waals surface area contributed by atoms with Gasteiger partial charge in [0.05, 0.1) is 0 Å². The Morgan fingerprint density at radius 2 is 1.33 bits per heavy atom. The molecule has 0 aromatic heterocycles. The van der Waals surface area contributed by atoms with E-state index in [2.05, 4.69) is 0 Å². The maximum absolute atomic E-state index is 10.8. The van der Waals surface area contributed by atoms with E-state index in [1.165, 1.54) is 0 Å². The molecule has 2 nitrogen and oxygen atoms in total. The molecule has 3 heteroatoms. The van der Waals surface area contributed by atoms with Gasteiger partial charge in [-0.3, -0.25) is 0 Å². The molecule has 0 aliphatic carbocycles. The van der Waals surface area contributed by atoms with Crippen LogP contribution in [0, 0.1) is 0 Å². The molecule has 0 amide bonds. The van der Waals surface area contributed by atoms with Crippen LogP contribution in [0.25, 0.3) is 0 Å². The number of rotatable bonds is 4. The Balaban J connectivity index is 3.73. The van der Waals surface area contributed by atoms with Gasteiger partial charge in [-0.05, 0) is 12.8 Å². The maximum atomic E-state index is 10.8. The lowest BCUT2D eigenvalue weighted by Crippen LogP contribution is -2.08. The summed E-state index contributed by atoms with van der Waals surface area (Å²) in [6.07, 6.45) is 1.48. The Morgan fingerprint density at radius 1 is 1.00 bits per heavy atom. The van der Waals surface area contributed by atoms with E-state index >= 15 is 0 Å². The average molecular weight is 150 g/mol. The predicted octanol–water partition coefficient (Wildman–Crippen LogP) is 1.22. The quantitative estimate of drug-likeness (QED) is 0.604. The van der Waals surface area contributed by atoms with E-state index in [0.717, 1.165) is 12.8 Å². The summed E-state index contributed by atoms with van der Waals surface area (Å²) < 4.78 is 21.7. The molecular weight excluding hydrogens is 136 g/mol. The molecule has 0 saturated carbocycles. The smallest absolute Gasteiger partial charge is 0.150 e. The fraction of sp³-hybridized carbons (Fsp3) is 1.00. The molecule has 0 heterocycles. The zero-order valence-corrected chi connectivity index (χ0v) is 6.87. The summed E-state index contributed by atoms with van der Waals surface area (Å²) >= 11 is 0. The molecule has 0 atom stereocenters. The van der Waals surface area contributed by atoms with E-state index in [1.54, 1.807) is 0 Å². The minimum Gasteiger partial charge on any atom is -0.229 e. The van der Waals surface area contributed by atoms with E-state index in [4.69, 9.17) is 0 Å². The van der Waals surface area contributed by atoms with Gasteiger partial charge >= 0.3 is 0 Å². The lowest BCUT2D eigenvalue weighted by molar-refractivity contribution is 0.593. The standard InChI is InChI=1S/C6H14O2S/c1-3-5-9(7,8)6-4-2/h3-6H2,1-2H3. The number of sulfone groups is 1. The first-order valence-corrected chi connectivity index (χ1v) is 5.15. The minimum atomic E-state index is -2.68. The first-order chi connectivity index (χ1) is 4.12. The van der Waals surface area contributed by atoms with Gasteiger partial charge in [-0.1, -0.05) is 13.8 Å². The molecule has 0 fully saturated rings. The lowest BCUT2D eigenvalue weighted by Gasteiger charge is -1.96. The molecule has 0 aromatic carbocycles. The summed E-state index contributed by atoms with van der Waals surface area (Å²) in [6, 6.07) is 0. The van der Waals surface area contributed by atoms with Crippen LogP contribution in [0.15, 0.2) is 0 Å². The molecule has 9 heavy (non-hydrogen) atoms. The highest BCUT2D eigenvalue weighted by Crippen LogP contribution is 1.94. The zero-order valence-electron chi connectivity index (χ0n) is 6.05. The van der Waals surface area contributed by atoms with Crippen LogP contribution in [0.3, 0.4) is 0 Å². The van der Waals surface area contributed by atoms with Crippen molar-refractivity contribution in [1.82, 2.24) is 0 Å². The van der Waals surface area contributed by atoms with Crippen LogP contribution >= 0.6 is 0 Å². The van der Waals surface area contributed by atoms with Gasteiger partial charge in [-0.25, -0.2) is 8.42 Å². The molecule has 0 aliphatic heterocycles. The highest BCUT2D eigenvalue weighted by atomic mass is 32.2. The van der Waals surface area contributed by atoms with Gasteiger partial charge in [0.2, 0.25) is 0 Å². The van der Waals surface area contributed by atoms with Crippen molar-refractivity contribution < 1.29 is 8.42 Å². The molecule has 0 rings (SSSR count). The van der Waals surface area contributed by atoms with Crippen molar-refractivity contribution in [3.8, 4) is 0 Å². The van der Waals surface area contributed by atoms with Crippen LogP contribution in [0.1, 0.15) is 26.7 Å². The van der Waals surface area contributed by atoms with Crippen LogP contribution in [0.4, 0.5) is 0 Å². The Kier molecular flexibility index (Phi) is 3.86. The third-order valence-electron chi connectivity index (χ3n) is 1.03. The second-order valence-electron chi connectivity index (χ2n) is 2.15. The molecular formula is C6H14O2S. The summed E-state index contributed by atoms with van der Waals surface area (Å²) in [5, 5.41) is 0. The number of hydrogen-bond acceptors (Lipinski definition) is 2. The van der Waals surface area contributed by atoms with Crippen molar-refractivity contribution in [2.45, 2.75) is 26.7 Å². The first-order valence-electron chi connectivity index (χ1n) is 3.32. The molecule has 0 spiro atoms. The monoisotopic (exact) mass is 150 g/mol. The van der Waals surface area contributed by atoms with Crippen molar-refractivity contribution in [2.24, 2.45) is 0 Å². The van der Waals surface area contributed by atoms with Crippen molar-refractivity contribution in [3.05, 3.63) is 0 Å². The second-order valence-corrected chi connectivity index (χ2v) is 4.46. The minimum absolute atomic E-state index is 0.348. The van der Waals surface area contributed by atoms with Crippen LogP contribution in [-0.2, 0) is 9.84 Å². The largest absolute Gasteiger partial charge is 0.229 e. The summed E-state index contributed by atoms with van der Waals surface area (Å²) in [6.45, 7) is 3.76. The molecule has 0 radical (unpaired) electrons. The van der Waals surface area contributed by atoms with Crippen molar-refractivity contribution in [2.75, 3.05) is 11.5 Å². The molecule has 0 saturated heterocycles. The first kappa shape index (κ1) is 8.95. The Bertz CT molecular complexity index is 134. The van der Waals surface area contributed by atoms with Gasteiger partial charge < -0.3 is 0 Å². The predicted molar refractivity (Wildman–Crippen MR) is 39.2 cm³/mol. The van der Waals surface area contributed by atoms with Gasteiger partial charge in [0.25, 0.3) is 0 Å². The van der Waals surface area contributed by atoms with E-state index in [1.807, 2.05) is 13.8 Å². The van der Waals surface area contributed by atoms with Gasteiger partial charge in [-0.2, -0.15) is 0 Å². The Labute approximate surface area is 57.2 Å². The normalized spacial score (nSPS) is 11.8. The number of hydrogen-bond donors (Lipinski definition) is 0. The van der Waals surface area contributed by atoms with E-state index in [0.29, 0.717) is 11.5 Å². The van der Waals surface area contributed by atoms with Gasteiger partial charge in [-0.15, -0.1) is 0 Å². The molecule has 56 valence electrons. The fourth-order valence-corrected chi connectivity index (χ4v) is 2.17. The van der Waals surface area contributed by atoms with Crippen LogP contribution in [0.2, 0.25) is 0 Å². The zero-order chi connectivity index (χ0) is 7.33. The summed E-state index contributed by atoms with van der Waals surface area (Å²) in [7, 11) is -2.68. The van der Waals surface area contributed by atoms with Crippen molar-refractivity contribution in [1.29, 1.82) is 0 Å². The van der Waals surface area contributed by atoms with Crippen molar-refractivity contribution >= 4 is 9.84 Å². The summed E-state index contributed by atoms with van der Waals surface area (Å²) in [5.74, 6) is 0.696. The van der Waals surface area contributed by atoms with Crippen LogP contribution < -0.4 is 0 Å². The van der Waals surface area contributed by atoms with Crippen LogP contribution in [0.5, 0.6) is 0 Å². The molecule has 0 bridgehead atoms. The highest BCUT2D eigenvalue weighted by molar-refractivity contribution is 7.91.